The van der Waals surface area contributed by atoms with Gasteiger partial charge < -0.3 is 4.57 Å². The summed E-state index contributed by atoms with van der Waals surface area (Å²) in [5.41, 5.74) is 0. The van der Waals surface area contributed by atoms with Crippen LogP contribution in [0.25, 0.3) is 0 Å². The molecule has 20 heavy (non-hydrogen) atoms. The van der Waals surface area contributed by atoms with Crippen LogP contribution < -0.4 is 0 Å². The smallest absolute Gasteiger partial charge is 0.262 e. The van der Waals surface area contributed by atoms with Gasteiger partial charge in [-0.05, 0) is 25.7 Å². The molecule has 2 heterocycles. The predicted molar refractivity (Wildman–Crippen MR) is 82.5 cm³/mol. The largest absolute Gasteiger partial charge is 0.334 e. The molecule has 2 unspecified atom stereocenters. The molecular formula is C13H22BrN3O2S. The van der Waals surface area contributed by atoms with Gasteiger partial charge in [-0.2, -0.15) is 4.31 Å². The molecule has 1 aliphatic rings. The van der Waals surface area contributed by atoms with E-state index < -0.39 is 10.0 Å². The number of rotatable bonds is 4. The Morgan fingerprint density at radius 3 is 2.80 bits per heavy atom. The molecule has 0 amide bonds. The molecule has 1 aliphatic heterocycles. The van der Waals surface area contributed by atoms with Gasteiger partial charge in [-0.3, -0.25) is 0 Å². The second-order valence-electron chi connectivity index (χ2n) is 5.46. The van der Waals surface area contributed by atoms with Gasteiger partial charge in [-0.25, -0.2) is 13.4 Å². The maximum atomic E-state index is 12.6. The summed E-state index contributed by atoms with van der Waals surface area (Å²) in [6.07, 6.45) is 3.50. The zero-order valence-electron chi connectivity index (χ0n) is 12.2. The second kappa shape index (κ2) is 6.15. The van der Waals surface area contributed by atoms with Crippen LogP contribution in [0.4, 0.5) is 0 Å². The van der Waals surface area contributed by atoms with Gasteiger partial charge in [0, 0.05) is 30.7 Å². The van der Waals surface area contributed by atoms with Gasteiger partial charge in [0.2, 0.25) is 0 Å². The van der Waals surface area contributed by atoms with Crippen LogP contribution in [-0.4, -0.2) is 40.2 Å². The van der Waals surface area contributed by atoms with Crippen molar-refractivity contribution in [3.05, 3.63) is 12.0 Å². The lowest BCUT2D eigenvalue weighted by atomic mass is 10.0. The molecule has 2 atom stereocenters. The molecule has 5 nitrogen and oxygen atoms in total. The quantitative estimate of drug-likeness (QED) is 0.771. The molecule has 1 aromatic rings. The zero-order chi connectivity index (χ0) is 14.9. The van der Waals surface area contributed by atoms with Gasteiger partial charge in [-0.15, -0.1) is 0 Å². The molecule has 1 saturated heterocycles. The van der Waals surface area contributed by atoms with E-state index in [1.165, 1.54) is 0 Å². The summed E-state index contributed by atoms with van der Waals surface area (Å²) in [6, 6.07) is 0. The monoisotopic (exact) mass is 363 g/mol. The summed E-state index contributed by atoms with van der Waals surface area (Å²) in [5.74, 6) is 1.26. The fraction of sp³-hybridized carbons (Fsp3) is 0.769. The number of aryl methyl sites for hydroxylation is 2. The molecule has 0 radical (unpaired) electrons. The van der Waals surface area contributed by atoms with Crippen LogP contribution in [0.3, 0.4) is 0 Å². The number of nitrogens with zero attached hydrogens (tertiary/aromatic N) is 3. The first-order chi connectivity index (χ1) is 9.36. The molecule has 0 aromatic carbocycles. The van der Waals surface area contributed by atoms with Crippen molar-refractivity contribution in [3.8, 4) is 0 Å². The highest BCUT2D eigenvalue weighted by atomic mass is 79.9. The molecular weight excluding hydrogens is 342 g/mol. The van der Waals surface area contributed by atoms with Crippen molar-refractivity contribution >= 4 is 26.0 Å². The van der Waals surface area contributed by atoms with Gasteiger partial charge >= 0.3 is 0 Å². The fourth-order valence-electron chi connectivity index (χ4n) is 2.42. The molecule has 0 N–H and O–H groups in total. The number of alkyl halides is 1. The van der Waals surface area contributed by atoms with Gasteiger partial charge in [0.25, 0.3) is 10.0 Å². The third-order valence-corrected chi connectivity index (χ3v) is 6.78. The summed E-state index contributed by atoms with van der Waals surface area (Å²) < 4.78 is 28.7. The van der Waals surface area contributed by atoms with E-state index in [0.717, 1.165) is 25.2 Å². The first-order valence-corrected chi connectivity index (χ1v) is 9.39. The Kier molecular flexibility index (Phi) is 4.92. The van der Waals surface area contributed by atoms with Crippen LogP contribution in [0.2, 0.25) is 0 Å². The first kappa shape index (κ1) is 16.0. The Morgan fingerprint density at radius 1 is 1.50 bits per heavy atom. The average molecular weight is 364 g/mol. The number of hydrogen-bond acceptors (Lipinski definition) is 3. The van der Waals surface area contributed by atoms with Crippen molar-refractivity contribution in [1.29, 1.82) is 0 Å². The van der Waals surface area contributed by atoms with Crippen molar-refractivity contribution in [2.24, 2.45) is 5.92 Å². The van der Waals surface area contributed by atoms with Crippen molar-refractivity contribution in [2.75, 3.05) is 13.1 Å². The summed E-state index contributed by atoms with van der Waals surface area (Å²) >= 11 is 3.57. The summed E-state index contributed by atoms with van der Waals surface area (Å²) in [6.45, 7) is 7.94. The van der Waals surface area contributed by atoms with Crippen LogP contribution >= 0.6 is 15.9 Å². The van der Waals surface area contributed by atoms with Crippen LogP contribution in [0.1, 0.15) is 32.5 Å². The van der Waals surface area contributed by atoms with E-state index in [1.807, 2.05) is 11.5 Å². The number of imidazole rings is 1. The Bertz CT molecular complexity index is 570. The van der Waals surface area contributed by atoms with Gasteiger partial charge in [0.15, 0.2) is 5.03 Å². The number of sulfonamides is 1. The Hall–Kier alpha value is -0.400. The summed E-state index contributed by atoms with van der Waals surface area (Å²) in [7, 11) is -3.47. The van der Waals surface area contributed by atoms with E-state index in [-0.39, 0.29) is 9.85 Å². The third kappa shape index (κ3) is 3.09. The van der Waals surface area contributed by atoms with E-state index in [9.17, 15) is 8.42 Å². The Labute approximate surface area is 129 Å². The highest BCUT2D eigenvalue weighted by molar-refractivity contribution is 9.09. The highest BCUT2D eigenvalue weighted by Crippen LogP contribution is 2.27. The molecule has 0 aliphatic carbocycles. The maximum Gasteiger partial charge on any atom is 0.262 e. The first-order valence-electron chi connectivity index (χ1n) is 7.04. The van der Waals surface area contributed by atoms with E-state index in [4.69, 9.17) is 0 Å². The van der Waals surface area contributed by atoms with Crippen LogP contribution in [0.15, 0.2) is 11.2 Å². The molecule has 114 valence electrons. The normalized spacial score (nSPS) is 25.0. The number of hydrogen-bond donors (Lipinski definition) is 0. The van der Waals surface area contributed by atoms with Crippen molar-refractivity contribution in [2.45, 2.75) is 50.0 Å². The lowest BCUT2D eigenvalue weighted by Crippen LogP contribution is -2.43. The van der Waals surface area contributed by atoms with Gasteiger partial charge in [0.05, 0.1) is 0 Å². The SMILES string of the molecule is CCCn1cc(S(=O)(=O)N2CCC(C)C(Br)C2)nc1C. The average Bonchev–Trinajstić information content (AvgIpc) is 2.75. The molecule has 0 saturated carbocycles. The molecule has 7 heteroatoms. The minimum atomic E-state index is -3.47. The molecule has 1 fully saturated rings. The van der Waals surface area contributed by atoms with E-state index in [1.54, 1.807) is 10.5 Å². The maximum absolute atomic E-state index is 12.6. The van der Waals surface area contributed by atoms with E-state index in [2.05, 4.69) is 34.8 Å². The zero-order valence-corrected chi connectivity index (χ0v) is 14.6. The molecule has 1 aromatic heterocycles. The minimum absolute atomic E-state index is 0.178. The number of piperidine rings is 1. The molecule has 2 rings (SSSR count). The van der Waals surface area contributed by atoms with Gasteiger partial charge in [0.1, 0.15) is 5.82 Å². The second-order valence-corrected chi connectivity index (χ2v) is 8.53. The Morgan fingerprint density at radius 2 is 2.20 bits per heavy atom. The van der Waals surface area contributed by atoms with Crippen molar-refractivity contribution in [3.63, 3.8) is 0 Å². The van der Waals surface area contributed by atoms with Crippen LogP contribution in [0.5, 0.6) is 0 Å². The van der Waals surface area contributed by atoms with E-state index in [0.29, 0.717) is 19.0 Å². The van der Waals surface area contributed by atoms with Gasteiger partial charge in [-0.1, -0.05) is 29.8 Å². The summed E-state index contributed by atoms with van der Waals surface area (Å²) in [4.78, 5) is 4.45. The van der Waals surface area contributed by atoms with Crippen LogP contribution in [-0.2, 0) is 16.6 Å². The van der Waals surface area contributed by atoms with E-state index >= 15 is 0 Å². The number of halogens is 1. The topological polar surface area (TPSA) is 55.2 Å². The molecule has 0 spiro atoms. The van der Waals surface area contributed by atoms with Crippen molar-refractivity contribution < 1.29 is 8.42 Å². The standard InChI is InChI=1S/C13H22BrN3O2S/c1-4-6-16-9-13(15-11(16)3)20(18,19)17-7-5-10(2)12(14)8-17/h9-10,12H,4-8H2,1-3H3. The fourth-order valence-corrected chi connectivity index (χ4v) is 4.70. The lowest BCUT2D eigenvalue weighted by molar-refractivity contribution is 0.299. The highest BCUT2D eigenvalue weighted by Gasteiger charge is 2.34. The third-order valence-electron chi connectivity index (χ3n) is 3.85. The van der Waals surface area contributed by atoms with Crippen LogP contribution in [0, 0.1) is 12.8 Å². The number of aromatic nitrogens is 2. The lowest BCUT2D eigenvalue weighted by Gasteiger charge is -2.32. The van der Waals surface area contributed by atoms with Crippen molar-refractivity contribution in [1.82, 2.24) is 13.9 Å². The molecule has 0 bridgehead atoms. The Balaban J connectivity index is 2.24. The minimum Gasteiger partial charge on any atom is -0.334 e. The predicted octanol–water partition coefficient (Wildman–Crippen LogP) is 2.40. The summed E-state index contributed by atoms with van der Waals surface area (Å²) in [5, 5.41) is 0.178.